The van der Waals surface area contributed by atoms with E-state index in [0.29, 0.717) is 17.4 Å². The highest BCUT2D eigenvalue weighted by molar-refractivity contribution is 7.47. The largest absolute Gasteiger partial charge is 0.472 e. The van der Waals surface area contributed by atoms with Crippen molar-refractivity contribution < 1.29 is 42.1 Å². The van der Waals surface area contributed by atoms with Crippen molar-refractivity contribution in [3.05, 3.63) is 122 Å². The van der Waals surface area contributed by atoms with E-state index >= 15 is 0 Å². The molecular weight excluding hydrogens is 1180 g/mol. The second-order valence-electron chi connectivity index (χ2n) is 27.3. The second kappa shape index (κ2) is 73.7. The van der Waals surface area contributed by atoms with Crippen LogP contribution in [0.25, 0.3) is 0 Å². The standard InChI is InChI=1S/C84H148NO8P/c1-6-8-10-12-14-16-18-20-22-24-26-28-30-32-34-36-38-39-40-41-42-43-44-45-47-49-51-53-55-57-59-61-63-65-67-69-71-73-75-77-84(87)93-82(81-92-94(88,89)91-79-78-85(3,4)5)80-90-83(86)76-74-72-70-68-66-64-62-60-58-56-54-52-50-48-46-37-35-33-31-29-27-25-23-21-19-17-15-13-11-9-7-2/h8-11,14-17,20-23,26-29,32-35,82H,6-7,12-13,18-19,24-25,30-31,36-81H2,1-5H3/p+1/b10-8-,11-9-,16-14-,17-15-,22-20-,23-21-,28-26-,29-27-,34-32-,35-33-. The fraction of sp³-hybridized carbons (Fsp3) is 0.738. The summed E-state index contributed by atoms with van der Waals surface area (Å²) in [4.78, 5) is 36.0. The molecule has 2 unspecified atom stereocenters. The summed E-state index contributed by atoms with van der Waals surface area (Å²) in [6.45, 7) is 4.25. The van der Waals surface area contributed by atoms with Gasteiger partial charge < -0.3 is 18.9 Å². The van der Waals surface area contributed by atoms with Gasteiger partial charge >= 0.3 is 19.8 Å². The van der Waals surface area contributed by atoms with E-state index < -0.39 is 26.5 Å². The number of carbonyl (C=O) groups is 2. The Labute approximate surface area is 581 Å². The minimum Gasteiger partial charge on any atom is -0.462 e. The molecule has 0 bridgehead atoms. The van der Waals surface area contributed by atoms with Crippen LogP contribution < -0.4 is 0 Å². The molecule has 0 aromatic rings. The van der Waals surface area contributed by atoms with Gasteiger partial charge in [0.1, 0.15) is 19.8 Å². The molecule has 0 amide bonds. The first-order valence-electron chi connectivity index (χ1n) is 39.3. The van der Waals surface area contributed by atoms with Crippen molar-refractivity contribution in [3.8, 4) is 0 Å². The molecule has 0 aromatic heterocycles. The highest BCUT2D eigenvalue weighted by Gasteiger charge is 2.27. The Kier molecular flexibility index (Phi) is 70.8. The van der Waals surface area contributed by atoms with E-state index in [0.717, 1.165) is 96.3 Å². The Bertz CT molecular complexity index is 2010. The number of hydrogen-bond donors (Lipinski definition) is 1. The molecule has 1 N–H and O–H groups in total. The number of ether oxygens (including phenoxy) is 2. The molecule has 94 heavy (non-hydrogen) atoms. The summed E-state index contributed by atoms with van der Waals surface area (Å²) in [7, 11) is 1.48. The molecule has 9 nitrogen and oxygen atoms in total. The lowest BCUT2D eigenvalue weighted by molar-refractivity contribution is -0.870. The van der Waals surface area contributed by atoms with Gasteiger partial charge in [0.05, 0.1) is 27.7 Å². The van der Waals surface area contributed by atoms with E-state index in [1.807, 2.05) is 21.1 Å². The molecule has 0 aliphatic rings. The number of rotatable bonds is 72. The minimum absolute atomic E-state index is 0.0301. The van der Waals surface area contributed by atoms with Gasteiger partial charge in [-0.3, -0.25) is 18.6 Å². The van der Waals surface area contributed by atoms with Crippen molar-refractivity contribution in [3.63, 3.8) is 0 Å². The summed E-state index contributed by atoms with van der Waals surface area (Å²) >= 11 is 0. The Hall–Kier alpha value is -3.59. The van der Waals surface area contributed by atoms with Gasteiger partial charge in [-0.15, -0.1) is 0 Å². The monoisotopic (exact) mass is 1330 g/mol. The third-order valence-electron chi connectivity index (χ3n) is 17.0. The first-order valence-corrected chi connectivity index (χ1v) is 40.8. The molecule has 10 heteroatoms. The molecule has 2 atom stereocenters. The van der Waals surface area contributed by atoms with Crippen LogP contribution in [0.15, 0.2) is 122 Å². The Morgan fingerprint density at radius 3 is 0.851 bits per heavy atom. The van der Waals surface area contributed by atoms with Crippen LogP contribution >= 0.6 is 7.82 Å². The number of quaternary nitrogens is 1. The van der Waals surface area contributed by atoms with Crippen LogP contribution in [0.1, 0.15) is 348 Å². The maximum absolute atomic E-state index is 12.9. The Morgan fingerprint density at radius 1 is 0.330 bits per heavy atom. The first kappa shape index (κ1) is 90.4. The third kappa shape index (κ3) is 77.4. The predicted octanol–water partition coefficient (Wildman–Crippen LogP) is 26.2. The van der Waals surface area contributed by atoms with Gasteiger partial charge in [0, 0.05) is 12.8 Å². The van der Waals surface area contributed by atoms with Crippen molar-refractivity contribution >= 4 is 19.8 Å². The number of carbonyl (C=O) groups excluding carboxylic acids is 2. The highest BCUT2D eigenvalue weighted by Crippen LogP contribution is 2.43. The van der Waals surface area contributed by atoms with E-state index in [-0.39, 0.29) is 32.0 Å². The normalized spacial score (nSPS) is 13.7. The van der Waals surface area contributed by atoms with Crippen molar-refractivity contribution in [1.82, 2.24) is 0 Å². The molecule has 0 heterocycles. The summed E-state index contributed by atoms with van der Waals surface area (Å²) in [5.74, 6) is -0.785. The van der Waals surface area contributed by atoms with E-state index in [9.17, 15) is 19.0 Å². The van der Waals surface area contributed by atoms with Gasteiger partial charge in [0.25, 0.3) is 0 Å². The van der Waals surface area contributed by atoms with Crippen LogP contribution in [-0.2, 0) is 32.7 Å². The van der Waals surface area contributed by atoms with Gasteiger partial charge in [-0.05, 0) is 103 Å². The molecule has 0 spiro atoms. The van der Waals surface area contributed by atoms with Crippen LogP contribution in [0, 0.1) is 0 Å². The molecule has 0 saturated heterocycles. The van der Waals surface area contributed by atoms with E-state index in [2.05, 4.69) is 135 Å². The summed E-state index contributed by atoms with van der Waals surface area (Å²) in [5, 5.41) is 0. The number of phosphoric acid groups is 1. The summed E-state index contributed by atoms with van der Waals surface area (Å²) in [5.41, 5.74) is 0. The number of esters is 2. The first-order chi connectivity index (χ1) is 46.0. The highest BCUT2D eigenvalue weighted by atomic mass is 31.2. The van der Waals surface area contributed by atoms with Crippen LogP contribution in [0.2, 0.25) is 0 Å². The van der Waals surface area contributed by atoms with Crippen LogP contribution in [-0.4, -0.2) is 74.9 Å². The lowest BCUT2D eigenvalue weighted by Crippen LogP contribution is -2.37. The lowest BCUT2D eigenvalue weighted by atomic mass is 10.0. The van der Waals surface area contributed by atoms with E-state index in [1.165, 1.54) is 218 Å². The summed E-state index contributed by atoms with van der Waals surface area (Å²) in [6.07, 6.45) is 106. The number of nitrogens with zero attached hydrogens (tertiary/aromatic N) is 1. The molecule has 0 rings (SSSR count). The van der Waals surface area contributed by atoms with Crippen molar-refractivity contribution in [2.24, 2.45) is 0 Å². The fourth-order valence-electron chi connectivity index (χ4n) is 11.1. The zero-order valence-electron chi connectivity index (χ0n) is 61.9. The van der Waals surface area contributed by atoms with Gasteiger partial charge in [-0.25, -0.2) is 4.57 Å². The average Bonchev–Trinajstić information content (AvgIpc) is 1.56. The van der Waals surface area contributed by atoms with Gasteiger partial charge in [-0.1, -0.05) is 354 Å². The minimum atomic E-state index is -4.40. The number of allylic oxidation sites excluding steroid dienone is 20. The van der Waals surface area contributed by atoms with Crippen LogP contribution in [0.5, 0.6) is 0 Å². The number of phosphoric ester groups is 1. The van der Waals surface area contributed by atoms with E-state index in [4.69, 9.17) is 18.5 Å². The summed E-state index contributed by atoms with van der Waals surface area (Å²) in [6, 6.07) is 0. The third-order valence-corrected chi connectivity index (χ3v) is 18.0. The molecule has 0 radical (unpaired) electrons. The van der Waals surface area contributed by atoms with Gasteiger partial charge in [0.15, 0.2) is 6.10 Å². The maximum Gasteiger partial charge on any atom is 0.472 e. The number of unbranched alkanes of at least 4 members (excludes halogenated alkanes) is 38. The molecule has 0 fully saturated rings. The van der Waals surface area contributed by atoms with Crippen molar-refractivity contribution in [2.75, 3.05) is 47.5 Å². The molecule has 542 valence electrons. The lowest BCUT2D eigenvalue weighted by Gasteiger charge is -2.24. The van der Waals surface area contributed by atoms with Crippen LogP contribution in [0.4, 0.5) is 0 Å². The smallest absolute Gasteiger partial charge is 0.462 e. The van der Waals surface area contributed by atoms with Crippen molar-refractivity contribution in [2.45, 2.75) is 354 Å². The Balaban J connectivity index is 3.95. The van der Waals surface area contributed by atoms with Gasteiger partial charge in [-0.2, -0.15) is 0 Å². The molecule has 0 saturated carbocycles. The topological polar surface area (TPSA) is 108 Å². The average molecular weight is 1330 g/mol. The second-order valence-corrected chi connectivity index (χ2v) is 28.8. The quantitative estimate of drug-likeness (QED) is 0.0211. The summed E-state index contributed by atoms with van der Waals surface area (Å²) < 4.78 is 34.8. The molecule has 0 aromatic carbocycles. The van der Waals surface area contributed by atoms with Crippen molar-refractivity contribution in [1.29, 1.82) is 0 Å². The van der Waals surface area contributed by atoms with Crippen LogP contribution in [0.3, 0.4) is 0 Å². The molecule has 0 aliphatic heterocycles. The molecule has 0 aliphatic carbocycles. The maximum atomic E-state index is 12.9. The predicted molar refractivity (Wildman–Crippen MR) is 408 cm³/mol. The SMILES string of the molecule is CC/C=C\C/C=C\C/C=C\C/C=C\C/C=C\CCCCCCCCCCCCCCCCCCCCCCCCCC(=O)OC(COC(=O)CCCCCCCCCCCCCCCCC/C=C\C/C=C\C/C=C\C/C=C\C/C=C\CC)COP(=O)(O)OCC[N+](C)(C)C. The Morgan fingerprint density at radius 2 is 0.574 bits per heavy atom. The number of likely N-dealkylation sites (N-methyl/N-ethyl adjacent to an activating group) is 1. The van der Waals surface area contributed by atoms with E-state index in [1.54, 1.807) is 0 Å². The zero-order chi connectivity index (χ0) is 68.3. The zero-order valence-corrected chi connectivity index (χ0v) is 62.8. The number of hydrogen-bond acceptors (Lipinski definition) is 7. The molecular formula is C84H149NO8P+. The van der Waals surface area contributed by atoms with Gasteiger partial charge in [0.2, 0.25) is 0 Å². The fourth-order valence-corrected chi connectivity index (χ4v) is 11.8.